The standard InChI is InChI=1S/C14H15N/c1-4-13(10-7-12(3)15)14-8-5-11(2)6-9-14/h1,5-10H,15H2,2-3H3/b12-7+,13-10+. The van der Waals surface area contributed by atoms with Gasteiger partial charge in [-0.25, -0.2) is 0 Å². The Morgan fingerprint density at radius 2 is 1.87 bits per heavy atom. The van der Waals surface area contributed by atoms with Crippen LogP contribution >= 0.6 is 0 Å². The zero-order valence-corrected chi connectivity index (χ0v) is 9.12. The van der Waals surface area contributed by atoms with E-state index in [1.54, 1.807) is 0 Å². The molecule has 0 atom stereocenters. The predicted molar refractivity (Wildman–Crippen MR) is 65.9 cm³/mol. The Hall–Kier alpha value is -1.94. The van der Waals surface area contributed by atoms with E-state index < -0.39 is 0 Å². The molecule has 0 unspecified atom stereocenters. The van der Waals surface area contributed by atoms with Crippen LogP contribution in [-0.2, 0) is 0 Å². The first-order chi connectivity index (χ1) is 7.13. The maximum absolute atomic E-state index is 5.55. The topological polar surface area (TPSA) is 26.0 Å². The first kappa shape index (κ1) is 11.1. The molecule has 0 heterocycles. The summed E-state index contributed by atoms with van der Waals surface area (Å²) in [4.78, 5) is 0. The smallest absolute Gasteiger partial charge is 0.0315 e. The van der Waals surface area contributed by atoms with Crippen LogP contribution in [0.1, 0.15) is 18.1 Å². The summed E-state index contributed by atoms with van der Waals surface area (Å²) in [7, 11) is 0. The van der Waals surface area contributed by atoms with Crippen LogP contribution in [0.2, 0.25) is 0 Å². The highest BCUT2D eigenvalue weighted by molar-refractivity contribution is 5.79. The molecule has 0 aliphatic rings. The lowest BCUT2D eigenvalue weighted by molar-refractivity contribution is 1.32. The molecule has 1 rings (SSSR count). The van der Waals surface area contributed by atoms with Crippen LogP contribution in [-0.4, -0.2) is 0 Å². The van der Waals surface area contributed by atoms with Crippen LogP contribution in [0.25, 0.3) is 5.57 Å². The summed E-state index contributed by atoms with van der Waals surface area (Å²) in [5.41, 5.74) is 9.40. The Bertz CT molecular complexity index is 423. The molecule has 0 amide bonds. The molecule has 1 aromatic rings. The average Bonchev–Trinajstić information content (AvgIpc) is 2.21. The number of terminal acetylenes is 1. The first-order valence-electron chi connectivity index (χ1n) is 4.81. The molecule has 0 aliphatic carbocycles. The van der Waals surface area contributed by atoms with E-state index in [-0.39, 0.29) is 0 Å². The van der Waals surface area contributed by atoms with E-state index in [0.29, 0.717) is 0 Å². The summed E-state index contributed by atoms with van der Waals surface area (Å²) in [5.74, 6) is 2.65. The molecule has 0 saturated carbocycles. The zero-order chi connectivity index (χ0) is 11.3. The van der Waals surface area contributed by atoms with Crippen molar-refractivity contribution in [2.75, 3.05) is 0 Å². The van der Waals surface area contributed by atoms with Gasteiger partial charge in [-0.3, -0.25) is 0 Å². The van der Waals surface area contributed by atoms with Crippen LogP contribution in [0, 0.1) is 19.3 Å². The van der Waals surface area contributed by atoms with Gasteiger partial charge in [0.25, 0.3) is 0 Å². The van der Waals surface area contributed by atoms with Gasteiger partial charge in [0.15, 0.2) is 0 Å². The molecule has 1 heteroatoms. The Morgan fingerprint density at radius 1 is 1.27 bits per heavy atom. The van der Waals surface area contributed by atoms with E-state index in [9.17, 15) is 0 Å². The third-order valence-corrected chi connectivity index (χ3v) is 2.03. The molecule has 76 valence electrons. The van der Waals surface area contributed by atoms with Crippen molar-refractivity contribution in [2.24, 2.45) is 5.73 Å². The second kappa shape index (κ2) is 5.07. The minimum absolute atomic E-state index is 0.745. The van der Waals surface area contributed by atoms with Gasteiger partial charge in [-0.1, -0.05) is 35.7 Å². The normalized spacial score (nSPS) is 12.3. The van der Waals surface area contributed by atoms with Crippen LogP contribution in [0.15, 0.2) is 42.1 Å². The fourth-order valence-electron chi connectivity index (χ4n) is 1.18. The minimum Gasteiger partial charge on any atom is -0.402 e. The molecule has 2 N–H and O–H groups in total. The third-order valence-electron chi connectivity index (χ3n) is 2.03. The van der Waals surface area contributed by atoms with E-state index in [2.05, 4.69) is 5.92 Å². The molecular weight excluding hydrogens is 182 g/mol. The summed E-state index contributed by atoms with van der Waals surface area (Å²) in [6.45, 7) is 3.88. The Balaban J connectivity index is 3.04. The first-order valence-corrected chi connectivity index (χ1v) is 4.81. The van der Waals surface area contributed by atoms with Gasteiger partial charge in [0, 0.05) is 11.3 Å². The van der Waals surface area contributed by atoms with Crippen LogP contribution in [0.5, 0.6) is 0 Å². The summed E-state index contributed by atoms with van der Waals surface area (Å²) >= 11 is 0. The summed E-state index contributed by atoms with van der Waals surface area (Å²) in [6.07, 6.45) is 9.12. The zero-order valence-electron chi connectivity index (χ0n) is 9.12. The minimum atomic E-state index is 0.745. The van der Waals surface area contributed by atoms with Crippen molar-refractivity contribution < 1.29 is 0 Å². The molecule has 0 aliphatic heterocycles. The number of hydrogen-bond acceptors (Lipinski definition) is 1. The maximum atomic E-state index is 5.55. The van der Waals surface area contributed by atoms with Crippen molar-refractivity contribution in [1.82, 2.24) is 0 Å². The highest BCUT2D eigenvalue weighted by Crippen LogP contribution is 2.14. The summed E-state index contributed by atoms with van der Waals surface area (Å²) in [5, 5.41) is 0. The van der Waals surface area contributed by atoms with Gasteiger partial charge in [-0.05, 0) is 31.6 Å². The van der Waals surface area contributed by atoms with Crippen molar-refractivity contribution in [2.45, 2.75) is 13.8 Å². The van der Waals surface area contributed by atoms with Crippen LogP contribution < -0.4 is 5.73 Å². The molecule has 1 nitrogen and oxygen atoms in total. The van der Waals surface area contributed by atoms with Gasteiger partial charge < -0.3 is 5.73 Å². The second-order valence-corrected chi connectivity index (χ2v) is 3.50. The summed E-state index contributed by atoms with van der Waals surface area (Å²) in [6, 6.07) is 8.11. The number of rotatable bonds is 2. The van der Waals surface area contributed by atoms with Gasteiger partial charge in [0.05, 0.1) is 0 Å². The molecule has 0 fully saturated rings. The molecule has 0 bridgehead atoms. The maximum Gasteiger partial charge on any atom is 0.0315 e. The van der Waals surface area contributed by atoms with Gasteiger partial charge in [0.2, 0.25) is 0 Å². The highest BCUT2D eigenvalue weighted by atomic mass is 14.5. The fraction of sp³-hybridized carbons (Fsp3) is 0.143. The monoisotopic (exact) mass is 197 g/mol. The van der Waals surface area contributed by atoms with Gasteiger partial charge >= 0.3 is 0 Å². The second-order valence-electron chi connectivity index (χ2n) is 3.50. The predicted octanol–water partition coefficient (Wildman–Crippen LogP) is 2.87. The molecule has 15 heavy (non-hydrogen) atoms. The average molecular weight is 197 g/mol. The number of allylic oxidation sites excluding steroid dienone is 4. The van der Waals surface area contributed by atoms with E-state index in [1.807, 2.05) is 50.3 Å². The van der Waals surface area contributed by atoms with Crippen LogP contribution in [0.3, 0.4) is 0 Å². The Labute approximate surface area is 91.3 Å². The van der Waals surface area contributed by atoms with E-state index in [4.69, 9.17) is 12.2 Å². The van der Waals surface area contributed by atoms with Crippen molar-refractivity contribution in [3.8, 4) is 12.3 Å². The molecular formula is C14H15N. The van der Waals surface area contributed by atoms with Crippen molar-refractivity contribution >= 4 is 5.57 Å². The number of nitrogens with two attached hydrogens (primary N) is 1. The fourth-order valence-corrected chi connectivity index (χ4v) is 1.18. The lowest BCUT2D eigenvalue weighted by Crippen LogP contribution is -1.88. The Kier molecular flexibility index (Phi) is 3.76. The largest absolute Gasteiger partial charge is 0.402 e. The van der Waals surface area contributed by atoms with Crippen LogP contribution in [0.4, 0.5) is 0 Å². The van der Waals surface area contributed by atoms with Gasteiger partial charge in [-0.2, -0.15) is 0 Å². The van der Waals surface area contributed by atoms with Crippen molar-refractivity contribution in [3.63, 3.8) is 0 Å². The van der Waals surface area contributed by atoms with Gasteiger partial charge in [-0.15, -0.1) is 6.42 Å². The lowest BCUT2D eigenvalue weighted by Gasteiger charge is -2.00. The Morgan fingerprint density at radius 3 is 2.33 bits per heavy atom. The number of hydrogen-bond donors (Lipinski definition) is 1. The number of aryl methyl sites for hydroxylation is 1. The molecule has 0 radical (unpaired) electrons. The molecule has 0 aromatic heterocycles. The number of benzene rings is 1. The summed E-state index contributed by atoms with van der Waals surface area (Å²) < 4.78 is 0. The highest BCUT2D eigenvalue weighted by Gasteiger charge is 1.95. The van der Waals surface area contributed by atoms with E-state index in [1.165, 1.54) is 5.56 Å². The van der Waals surface area contributed by atoms with Gasteiger partial charge in [0.1, 0.15) is 0 Å². The molecule has 0 saturated heterocycles. The molecule has 1 aromatic carbocycles. The quantitative estimate of drug-likeness (QED) is 0.572. The van der Waals surface area contributed by atoms with Crippen molar-refractivity contribution in [3.05, 3.63) is 53.2 Å². The SMILES string of the molecule is C#C/C(=C\C=C(/C)N)c1ccc(C)cc1. The lowest BCUT2D eigenvalue weighted by atomic mass is 10.0. The molecule has 0 spiro atoms. The van der Waals surface area contributed by atoms with E-state index >= 15 is 0 Å². The van der Waals surface area contributed by atoms with Crippen molar-refractivity contribution in [1.29, 1.82) is 0 Å². The third kappa shape index (κ3) is 3.36. The van der Waals surface area contributed by atoms with E-state index in [0.717, 1.165) is 16.8 Å².